The van der Waals surface area contributed by atoms with E-state index in [0.29, 0.717) is 6.10 Å². The van der Waals surface area contributed by atoms with E-state index in [2.05, 4.69) is 17.1 Å². The van der Waals surface area contributed by atoms with Crippen LogP contribution >= 0.6 is 0 Å². The van der Waals surface area contributed by atoms with Crippen LogP contribution in [0.2, 0.25) is 0 Å². The Morgan fingerprint density at radius 3 is 2.94 bits per heavy atom. The molecule has 1 saturated carbocycles. The SMILES string of the molecule is CCNC1CCC(N2CCCC(OC)C2)C1. The van der Waals surface area contributed by atoms with E-state index in [1.807, 2.05) is 7.11 Å². The zero-order valence-electron chi connectivity index (χ0n) is 10.7. The van der Waals surface area contributed by atoms with Crippen LogP contribution in [0.3, 0.4) is 0 Å². The van der Waals surface area contributed by atoms with Gasteiger partial charge in [-0.1, -0.05) is 6.92 Å². The van der Waals surface area contributed by atoms with Gasteiger partial charge in [-0.05, 0) is 45.2 Å². The van der Waals surface area contributed by atoms with Crippen LogP contribution in [0.5, 0.6) is 0 Å². The summed E-state index contributed by atoms with van der Waals surface area (Å²) in [5.74, 6) is 0. The fourth-order valence-electron chi connectivity index (χ4n) is 3.25. The van der Waals surface area contributed by atoms with Crippen molar-refractivity contribution in [3.63, 3.8) is 0 Å². The van der Waals surface area contributed by atoms with Crippen molar-refractivity contribution in [2.45, 2.75) is 57.2 Å². The van der Waals surface area contributed by atoms with Gasteiger partial charge in [0.1, 0.15) is 0 Å². The predicted octanol–water partition coefficient (Wildman–Crippen LogP) is 1.63. The molecule has 2 fully saturated rings. The van der Waals surface area contributed by atoms with Crippen molar-refractivity contribution in [2.75, 3.05) is 26.7 Å². The summed E-state index contributed by atoms with van der Waals surface area (Å²) in [4.78, 5) is 2.66. The smallest absolute Gasteiger partial charge is 0.0698 e. The first kappa shape index (κ1) is 12.3. The lowest BCUT2D eigenvalue weighted by Gasteiger charge is -2.36. The minimum Gasteiger partial charge on any atom is -0.380 e. The van der Waals surface area contributed by atoms with Crippen molar-refractivity contribution >= 4 is 0 Å². The summed E-state index contributed by atoms with van der Waals surface area (Å²) in [7, 11) is 1.85. The number of methoxy groups -OCH3 is 1. The Morgan fingerprint density at radius 1 is 1.31 bits per heavy atom. The molecule has 0 spiro atoms. The fraction of sp³-hybridized carbons (Fsp3) is 1.00. The van der Waals surface area contributed by atoms with Crippen LogP contribution in [0, 0.1) is 0 Å². The molecule has 3 unspecified atom stereocenters. The highest BCUT2D eigenvalue weighted by Crippen LogP contribution is 2.27. The molecule has 0 aromatic rings. The molecular formula is C13H26N2O. The van der Waals surface area contributed by atoms with E-state index in [4.69, 9.17) is 4.74 Å². The molecule has 0 bridgehead atoms. The van der Waals surface area contributed by atoms with E-state index in [0.717, 1.165) is 25.2 Å². The quantitative estimate of drug-likeness (QED) is 0.788. The minimum absolute atomic E-state index is 0.479. The molecule has 3 nitrogen and oxygen atoms in total. The Bertz CT molecular complexity index is 210. The third-order valence-electron chi connectivity index (χ3n) is 4.16. The Labute approximate surface area is 99.5 Å². The molecule has 94 valence electrons. The van der Waals surface area contributed by atoms with Gasteiger partial charge >= 0.3 is 0 Å². The van der Waals surface area contributed by atoms with Crippen LogP contribution in [0.25, 0.3) is 0 Å². The minimum atomic E-state index is 0.479. The summed E-state index contributed by atoms with van der Waals surface area (Å²) in [6, 6.07) is 1.57. The fourth-order valence-corrected chi connectivity index (χ4v) is 3.25. The van der Waals surface area contributed by atoms with Crippen molar-refractivity contribution in [2.24, 2.45) is 0 Å². The molecule has 0 radical (unpaired) electrons. The number of rotatable bonds is 4. The van der Waals surface area contributed by atoms with Crippen molar-refractivity contribution in [3.8, 4) is 0 Å². The van der Waals surface area contributed by atoms with E-state index in [1.165, 1.54) is 38.6 Å². The zero-order chi connectivity index (χ0) is 11.4. The molecule has 1 heterocycles. The maximum absolute atomic E-state index is 5.50. The molecule has 1 aliphatic heterocycles. The first-order valence-electron chi connectivity index (χ1n) is 6.83. The lowest BCUT2D eigenvalue weighted by Crippen LogP contribution is -2.44. The molecular weight excluding hydrogens is 200 g/mol. The molecule has 2 rings (SSSR count). The summed E-state index contributed by atoms with van der Waals surface area (Å²) in [5.41, 5.74) is 0. The van der Waals surface area contributed by atoms with Gasteiger partial charge in [0.15, 0.2) is 0 Å². The van der Waals surface area contributed by atoms with Gasteiger partial charge < -0.3 is 10.1 Å². The van der Waals surface area contributed by atoms with E-state index in [9.17, 15) is 0 Å². The molecule has 3 atom stereocenters. The molecule has 1 N–H and O–H groups in total. The highest BCUT2D eigenvalue weighted by atomic mass is 16.5. The number of likely N-dealkylation sites (tertiary alicyclic amines) is 1. The van der Waals surface area contributed by atoms with Crippen LogP contribution in [-0.4, -0.2) is 49.8 Å². The maximum Gasteiger partial charge on any atom is 0.0698 e. The highest BCUT2D eigenvalue weighted by molar-refractivity contribution is 4.89. The van der Waals surface area contributed by atoms with E-state index in [-0.39, 0.29) is 0 Å². The average Bonchev–Trinajstić information content (AvgIpc) is 2.78. The molecule has 0 aromatic heterocycles. The maximum atomic E-state index is 5.50. The Hall–Kier alpha value is -0.120. The summed E-state index contributed by atoms with van der Waals surface area (Å²) in [6.45, 7) is 5.75. The van der Waals surface area contributed by atoms with Crippen molar-refractivity contribution in [1.82, 2.24) is 10.2 Å². The van der Waals surface area contributed by atoms with Crippen LogP contribution in [0.15, 0.2) is 0 Å². The van der Waals surface area contributed by atoms with Crippen molar-refractivity contribution in [3.05, 3.63) is 0 Å². The lowest BCUT2D eigenvalue weighted by molar-refractivity contribution is 0.0152. The number of hydrogen-bond acceptors (Lipinski definition) is 3. The van der Waals surface area contributed by atoms with E-state index < -0.39 is 0 Å². The van der Waals surface area contributed by atoms with Crippen LogP contribution in [-0.2, 0) is 4.74 Å². The first-order valence-corrected chi connectivity index (χ1v) is 6.83. The van der Waals surface area contributed by atoms with Crippen molar-refractivity contribution < 1.29 is 4.74 Å². The third-order valence-corrected chi connectivity index (χ3v) is 4.16. The number of ether oxygens (including phenoxy) is 1. The van der Waals surface area contributed by atoms with Gasteiger partial charge in [-0.2, -0.15) is 0 Å². The number of nitrogens with one attached hydrogen (secondary N) is 1. The molecule has 16 heavy (non-hydrogen) atoms. The zero-order valence-corrected chi connectivity index (χ0v) is 10.7. The summed E-state index contributed by atoms with van der Waals surface area (Å²) < 4.78 is 5.50. The van der Waals surface area contributed by atoms with Gasteiger partial charge in [-0.3, -0.25) is 4.90 Å². The standard InChI is InChI=1S/C13H26N2O/c1-3-14-11-6-7-12(9-11)15-8-4-5-13(10-15)16-2/h11-14H,3-10H2,1-2H3. The van der Waals surface area contributed by atoms with Gasteiger partial charge in [0, 0.05) is 25.7 Å². The highest BCUT2D eigenvalue weighted by Gasteiger charge is 2.31. The Kier molecular flexibility index (Phi) is 4.62. The second-order valence-corrected chi connectivity index (χ2v) is 5.22. The van der Waals surface area contributed by atoms with Crippen molar-refractivity contribution in [1.29, 1.82) is 0 Å². The normalized spacial score (nSPS) is 36.8. The Balaban J connectivity index is 1.79. The topological polar surface area (TPSA) is 24.5 Å². The third kappa shape index (κ3) is 2.96. The number of hydrogen-bond donors (Lipinski definition) is 1. The monoisotopic (exact) mass is 226 g/mol. The van der Waals surface area contributed by atoms with E-state index >= 15 is 0 Å². The van der Waals surface area contributed by atoms with Gasteiger partial charge in [0.25, 0.3) is 0 Å². The first-order chi connectivity index (χ1) is 7.83. The molecule has 1 saturated heterocycles. The van der Waals surface area contributed by atoms with Crippen LogP contribution < -0.4 is 5.32 Å². The summed E-state index contributed by atoms with van der Waals surface area (Å²) in [6.07, 6.45) is 7.09. The second kappa shape index (κ2) is 5.99. The van der Waals surface area contributed by atoms with E-state index in [1.54, 1.807) is 0 Å². The number of piperidine rings is 1. The molecule has 0 aromatic carbocycles. The van der Waals surface area contributed by atoms with Gasteiger partial charge in [0.05, 0.1) is 6.10 Å². The van der Waals surface area contributed by atoms with Gasteiger partial charge in [0.2, 0.25) is 0 Å². The molecule has 2 aliphatic rings. The second-order valence-electron chi connectivity index (χ2n) is 5.22. The van der Waals surface area contributed by atoms with Gasteiger partial charge in [-0.15, -0.1) is 0 Å². The molecule has 1 aliphatic carbocycles. The lowest BCUT2D eigenvalue weighted by atomic mass is 10.0. The van der Waals surface area contributed by atoms with Crippen LogP contribution in [0.1, 0.15) is 39.0 Å². The predicted molar refractivity (Wildman–Crippen MR) is 66.7 cm³/mol. The van der Waals surface area contributed by atoms with Gasteiger partial charge in [-0.25, -0.2) is 0 Å². The van der Waals surface area contributed by atoms with Crippen LogP contribution in [0.4, 0.5) is 0 Å². The largest absolute Gasteiger partial charge is 0.380 e. The Morgan fingerprint density at radius 2 is 2.19 bits per heavy atom. The summed E-state index contributed by atoms with van der Waals surface area (Å²) >= 11 is 0. The molecule has 3 heteroatoms. The molecule has 0 amide bonds. The summed E-state index contributed by atoms with van der Waals surface area (Å²) in [5, 5.41) is 3.58. The number of nitrogens with zero attached hydrogens (tertiary/aromatic N) is 1. The average molecular weight is 226 g/mol.